The van der Waals surface area contributed by atoms with Gasteiger partial charge in [0.1, 0.15) is 5.75 Å². The minimum Gasteiger partial charge on any atom is -0.494 e. The van der Waals surface area contributed by atoms with Crippen LogP contribution in [0.4, 0.5) is 0 Å². The van der Waals surface area contributed by atoms with E-state index in [0.717, 1.165) is 25.2 Å². The highest BCUT2D eigenvalue weighted by atomic mass is 16.5. The van der Waals surface area contributed by atoms with Crippen LogP contribution < -0.4 is 4.74 Å². The lowest BCUT2D eigenvalue weighted by molar-refractivity contribution is 0.304. The highest BCUT2D eigenvalue weighted by molar-refractivity contribution is 5.51. The Morgan fingerprint density at radius 1 is 0.826 bits per heavy atom. The number of ether oxygens (including phenoxy) is 1. The summed E-state index contributed by atoms with van der Waals surface area (Å²) in [7, 11) is 0. The van der Waals surface area contributed by atoms with Crippen LogP contribution in [0.2, 0.25) is 0 Å². The quantitative estimate of drug-likeness (QED) is 0.369. The summed E-state index contributed by atoms with van der Waals surface area (Å²) in [4.78, 5) is 10.2. The average Bonchev–Trinajstić information content (AvgIpc) is 2.59. The summed E-state index contributed by atoms with van der Waals surface area (Å²) >= 11 is 0. The second kappa shape index (κ2) is 14.3. The molecule has 0 atom stereocenters. The molecule has 0 fully saturated rings. The minimum atomic E-state index is 0.471. The smallest absolute Gasteiger partial charge is 0.198 e. The highest BCUT2D eigenvalue weighted by Gasteiger charge is 1.97. The zero-order valence-electron chi connectivity index (χ0n) is 14.8. The fourth-order valence-electron chi connectivity index (χ4n) is 2.73. The van der Waals surface area contributed by atoms with Gasteiger partial charge in [0.15, 0.2) is 6.29 Å². The number of unbranched alkanes of at least 4 members (excludes halogenated alkanes) is 9. The van der Waals surface area contributed by atoms with Crippen LogP contribution in [0, 0.1) is 0 Å². The van der Waals surface area contributed by atoms with Crippen molar-refractivity contribution >= 4 is 6.29 Å². The van der Waals surface area contributed by atoms with Crippen molar-refractivity contribution in [1.29, 1.82) is 0 Å². The molecule has 0 aliphatic heterocycles. The second-order valence-electron chi connectivity index (χ2n) is 6.32. The Morgan fingerprint density at radius 3 is 1.96 bits per heavy atom. The Labute approximate surface area is 142 Å². The van der Waals surface area contributed by atoms with Crippen LogP contribution in [0.25, 0.3) is 0 Å². The summed E-state index contributed by atoms with van der Waals surface area (Å²) in [6, 6.07) is 8.06. The summed E-state index contributed by atoms with van der Waals surface area (Å²) in [6.45, 7) is 3.07. The molecule has 129 valence electrons. The monoisotopic (exact) mass is 317 g/mol. The molecule has 0 unspecified atom stereocenters. The van der Waals surface area contributed by atoms with Gasteiger partial charge in [0.2, 0.25) is 0 Å². The lowest BCUT2D eigenvalue weighted by atomic mass is 10.1. The maximum atomic E-state index is 10.2. The number of benzene rings is 1. The largest absolute Gasteiger partial charge is 0.494 e. The van der Waals surface area contributed by atoms with Gasteiger partial charge in [-0.25, -0.2) is 0 Å². The number of aryl methyl sites for hydroxylation is 1. The Hall–Kier alpha value is -1.31. The van der Waals surface area contributed by atoms with Gasteiger partial charge in [0.05, 0.1) is 6.61 Å². The van der Waals surface area contributed by atoms with Gasteiger partial charge < -0.3 is 4.74 Å². The molecule has 1 aromatic carbocycles. The molecule has 0 heterocycles. The summed E-state index contributed by atoms with van der Waals surface area (Å²) in [6.07, 6.45) is 16.6. The Kier molecular flexibility index (Phi) is 12.3. The van der Waals surface area contributed by atoms with E-state index in [-0.39, 0.29) is 0 Å². The summed E-state index contributed by atoms with van der Waals surface area (Å²) in [5.74, 6) is 0.930. The van der Waals surface area contributed by atoms with Crippen LogP contribution in [0.15, 0.2) is 24.3 Å². The molecule has 0 bridgehead atoms. The molecular formula is C21H33O2. The first-order valence-electron chi connectivity index (χ1n) is 9.43. The predicted molar refractivity (Wildman–Crippen MR) is 97.8 cm³/mol. The third-order valence-electron chi connectivity index (χ3n) is 4.21. The molecule has 0 saturated carbocycles. The molecule has 2 heteroatoms. The highest BCUT2D eigenvalue weighted by Crippen LogP contribution is 2.14. The average molecular weight is 317 g/mol. The van der Waals surface area contributed by atoms with Crippen molar-refractivity contribution in [3.8, 4) is 5.75 Å². The zero-order valence-corrected chi connectivity index (χ0v) is 14.8. The molecule has 1 radical (unpaired) electrons. The summed E-state index contributed by atoms with van der Waals surface area (Å²) in [5.41, 5.74) is 1.17. The van der Waals surface area contributed by atoms with Crippen LogP contribution >= 0.6 is 0 Å². The third-order valence-corrected chi connectivity index (χ3v) is 4.21. The van der Waals surface area contributed by atoms with Gasteiger partial charge >= 0.3 is 0 Å². The van der Waals surface area contributed by atoms with E-state index in [1.165, 1.54) is 63.4 Å². The van der Waals surface area contributed by atoms with Gasteiger partial charge in [-0.2, -0.15) is 0 Å². The molecule has 2 nitrogen and oxygen atoms in total. The van der Waals surface area contributed by atoms with E-state index in [2.05, 4.69) is 6.92 Å². The van der Waals surface area contributed by atoms with Crippen LogP contribution in [-0.2, 0) is 11.2 Å². The topological polar surface area (TPSA) is 26.3 Å². The molecule has 23 heavy (non-hydrogen) atoms. The van der Waals surface area contributed by atoms with Crippen molar-refractivity contribution in [3.63, 3.8) is 0 Å². The van der Waals surface area contributed by atoms with Crippen molar-refractivity contribution in [3.05, 3.63) is 29.8 Å². The van der Waals surface area contributed by atoms with E-state index in [1.807, 2.05) is 30.6 Å². The molecule has 0 spiro atoms. The fraction of sp³-hybridized carbons (Fsp3) is 0.667. The molecule has 0 saturated heterocycles. The van der Waals surface area contributed by atoms with Gasteiger partial charge in [-0.05, 0) is 30.5 Å². The third kappa shape index (κ3) is 11.0. The van der Waals surface area contributed by atoms with Crippen LogP contribution in [-0.4, -0.2) is 12.9 Å². The molecular weight excluding hydrogens is 284 g/mol. The second-order valence-corrected chi connectivity index (χ2v) is 6.32. The molecule has 0 aliphatic carbocycles. The van der Waals surface area contributed by atoms with E-state index in [1.54, 1.807) is 0 Å². The Balaban J connectivity index is 1.93. The van der Waals surface area contributed by atoms with Crippen molar-refractivity contribution in [2.24, 2.45) is 0 Å². The van der Waals surface area contributed by atoms with Gasteiger partial charge in [0.25, 0.3) is 0 Å². The number of hydrogen-bond acceptors (Lipinski definition) is 2. The van der Waals surface area contributed by atoms with E-state index in [4.69, 9.17) is 4.74 Å². The molecule has 1 aromatic rings. The van der Waals surface area contributed by atoms with Crippen LogP contribution in [0.5, 0.6) is 5.75 Å². The van der Waals surface area contributed by atoms with Gasteiger partial charge in [0, 0.05) is 6.42 Å². The first-order valence-corrected chi connectivity index (χ1v) is 9.43. The Morgan fingerprint density at radius 2 is 1.39 bits per heavy atom. The molecule has 0 amide bonds. The van der Waals surface area contributed by atoms with Crippen molar-refractivity contribution in [1.82, 2.24) is 0 Å². The predicted octanol–water partition coefficient (Wildman–Crippen LogP) is 6.03. The first-order chi connectivity index (χ1) is 11.4. The van der Waals surface area contributed by atoms with Crippen molar-refractivity contribution in [2.75, 3.05) is 6.61 Å². The lowest BCUT2D eigenvalue weighted by Gasteiger charge is -2.07. The summed E-state index contributed by atoms with van der Waals surface area (Å²) in [5, 5.41) is 0. The van der Waals surface area contributed by atoms with Crippen molar-refractivity contribution in [2.45, 2.75) is 84.0 Å². The van der Waals surface area contributed by atoms with Crippen molar-refractivity contribution < 1.29 is 9.53 Å². The van der Waals surface area contributed by atoms with Gasteiger partial charge in [-0.3, -0.25) is 4.79 Å². The Bertz CT molecular complexity index is 383. The SMILES string of the molecule is CCCCCCCCCCCCOc1ccc(CC[C]=O)cc1. The van der Waals surface area contributed by atoms with E-state index >= 15 is 0 Å². The maximum absolute atomic E-state index is 10.2. The molecule has 0 aliphatic rings. The van der Waals surface area contributed by atoms with Crippen LogP contribution in [0.3, 0.4) is 0 Å². The molecule has 0 aromatic heterocycles. The first kappa shape index (κ1) is 19.7. The van der Waals surface area contributed by atoms with Gasteiger partial charge in [-0.15, -0.1) is 0 Å². The van der Waals surface area contributed by atoms with Gasteiger partial charge in [-0.1, -0.05) is 76.8 Å². The standard InChI is InChI=1S/C21H33O2/c1-2-3-4-5-6-7-8-9-10-11-19-23-21-16-14-20(15-17-21)13-12-18-22/h14-17H,2-13,19H2,1H3. The van der Waals surface area contributed by atoms with Crippen LogP contribution in [0.1, 0.15) is 83.1 Å². The minimum absolute atomic E-state index is 0.471. The number of hydrogen-bond donors (Lipinski definition) is 0. The molecule has 0 N–H and O–H groups in total. The molecule has 1 rings (SSSR count). The maximum Gasteiger partial charge on any atom is 0.198 e. The summed E-state index contributed by atoms with van der Waals surface area (Å²) < 4.78 is 5.76. The van der Waals surface area contributed by atoms with E-state index in [0.29, 0.717) is 6.42 Å². The van der Waals surface area contributed by atoms with E-state index < -0.39 is 0 Å². The number of carbonyl (C=O) groups excluding carboxylic acids is 1. The lowest BCUT2D eigenvalue weighted by Crippen LogP contribution is -1.97. The fourth-order valence-corrected chi connectivity index (χ4v) is 2.73. The number of rotatable bonds is 15. The van der Waals surface area contributed by atoms with E-state index in [9.17, 15) is 4.79 Å². The zero-order chi connectivity index (χ0) is 16.6. The normalized spacial score (nSPS) is 10.7.